The summed E-state index contributed by atoms with van der Waals surface area (Å²) in [5.41, 5.74) is 5.93. The highest BCUT2D eigenvalue weighted by Crippen LogP contribution is 2.33. The largest absolute Gasteiger partial charge is 0.353 e. The smallest absolute Gasteiger partial charge is 0.220 e. The average molecular weight is 282 g/mol. The van der Waals surface area contributed by atoms with Crippen molar-refractivity contribution in [3.8, 4) is 0 Å². The van der Waals surface area contributed by atoms with E-state index in [1.54, 1.807) is 0 Å². The van der Waals surface area contributed by atoms with Gasteiger partial charge in [0.25, 0.3) is 0 Å². The number of hydrogen-bond donors (Lipinski definition) is 2. The number of nitrogens with two attached hydrogens (primary N) is 1. The van der Waals surface area contributed by atoms with Crippen LogP contribution in [-0.4, -0.2) is 18.5 Å². The van der Waals surface area contributed by atoms with Crippen LogP contribution in [0.15, 0.2) is 0 Å². The summed E-state index contributed by atoms with van der Waals surface area (Å²) in [5.74, 6) is 2.10. The van der Waals surface area contributed by atoms with Crippen molar-refractivity contribution < 1.29 is 4.79 Å². The minimum atomic E-state index is 0.224. The zero-order chi connectivity index (χ0) is 15.3. The first kappa shape index (κ1) is 17.5. The Balaban J connectivity index is 2.38. The number of nitrogens with one attached hydrogen (secondary N) is 1. The maximum atomic E-state index is 12.1. The molecule has 0 bridgehead atoms. The van der Waals surface area contributed by atoms with Gasteiger partial charge in [-0.25, -0.2) is 0 Å². The Hall–Kier alpha value is -0.570. The van der Waals surface area contributed by atoms with Crippen LogP contribution < -0.4 is 11.1 Å². The van der Waals surface area contributed by atoms with Gasteiger partial charge in [0.15, 0.2) is 0 Å². The molecule has 1 aliphatic rings. The van der Waals surface area contributed by atoms with Crippen molar-refractivity contribution in [2.45, 2.75) is 72.8 Å². The van der Waals surface area contributed by atoms with Crippen LogP contribution in [-0.2, 0) is 4.79 Å². The summed E-state index contributed by atoms with van der Waals surface area (Å²) in [7, 11) is 0. The van der Waals surface area contributed by atoms with Crippen molar-refractivity contribution in [1.82, 2.24) is 5.32 Å². The molecule has 0 heterocycles. The highest BCUT2D eigenvalue weighted by Gasteiger charge is 2.31. The molecule has 1 rings (SSSR count). The second-order valence-electron chi connectivity index (χ2n) is 7.77. The molecule has 3 nitrogen and oxygen atoms in total. The van der Waals surface area contributed by atoms with Crippen molar-refractivity contribution in [2.75, 3.05) is 6.54 Å². The number of hydrogen-bond acceptors (Lipinski definition) is 2. The van der Waals surface area contributed by atoms with Crippen LogP contribution in [0.1, 0.15) is 66.7 Å². The molecule has 4 atom stereocenters. The standard InChI is InChI=1S/C17H34N2O/c1-12-6-8-15(13(12)2)19-16(20)9-7-14(10-11-18)17(3,4)5/h12-15H,6-11,18H2,1-5H3,(H,19,20). The van der Waals surface area contributed by atoms with E-state index in [9.17, 15) is 4.79 Å². The van der Waals surface area contributed by atoms with Gasteiger partial charge in [0.1, 0.15) is 0 Å². The lowest BCUT2D eigenvalue weighted by molar-refractivity contribution is -0.122. The van der Waals surface area contributed by atoms with E-state index in [0.717, 1.165) is 25.2 Å². The van der Waals surface area contributed by atoms with E-state index in [4.69, 9.17) is 5.73 Å². The van der Waals surface area contributed by atoms with E-state index in [1.165, 1.54) is 6.42 Å². The molecule has 1 amide bonds. The zero-order valence-electron chi connectivity index (χ0n) is 14.0. The quantitative estimate of drug-likeness (QED) is 0.785. The highest BCUT2D eigenvalue weighted by atomic mass is 16.1. The number of amides is 1. The fourth-order valence-corrected chi connectivity index (χ4v) is 3.36. The van der Waals surface area contributed by atoms with Crippen LogP contribution in [0, 0.1) is 23.2 Å². The Kier molecular flexibility index (Phi) is 6.50. The molecular formula is C17H34N2O. The summed E-state index contributed by atoms with van der Waals surface area (Å²) in [6, 6.07) is 0.389. The van der Waals surface area contributed by atoms with Crippen LogP contribution in [0.25, 0.3) is 0 Å². The van der Waals surface area contributed by atoms with Crippen LogP contribution >= 0.6 is 0 Å². The van der Waals surface area contributed by atoms with E-state index < -0.39 is 0 Å². The molecule has 3 heteroatoms. The predicted molar refractivity (Wildman–Crippen MR) is 85.3 cm³/mol. The molecule has 20 heavy (non-hydrogen) atoms. The van der Waals surface area contributed by atoms with E-state index >= 15 is 0 Å². The maximum absolute atomic E-state index is 12.1. The second-order valence-corrected chi connectivity index (χ2v) is 7.77. The summed E-state index contributed by atoms with van der Waals surface area (Å²) in [6.45, 7) is 12.0. The maximum Gasteiger partial charge on any atom is 0.220 e. The Morgan fingerprint density at radius 1 is 1.25 bits per heavy atom. The number of rotatable bonds is 6. The number of carbonyl (C=O) groups is 1. The summed E-state index contributed by atoms with van der Waals surface area (Å²) in [4.78, 5) is 12.1. The Bertz CT molecular complexity index is 309. The van der Waals surface area contributed by atoms with Gasteiger partial charge in [-0.05, 0) is 55.4 Å². The predicted octanol–water partition coefficient (Wildman–Crippen LogP) is 3.33. The van der Waals surface area contributed by atoms with Crippen molar-refractivity contribution in [1.29, 1.82) is 0 Å². The summed E-state index contributed by atoms with van der Waals surface area (Å²) in [5, 5.41) is 3.24. The minimum Gasteiger partial charge on any atom is -0.353 e. The molecule has 1 aliphatic carbocycles. The molecular weight excluding hydrogens is 248 g/mol. The van der Waals surface area contributed by atoms with Crippen molar-refractivity contribution >= 4 is 5.91 Å². The first-order chi connectivity index (χ1) is 9.25. The average Bonchev–Trinajstić information content (AvgIpc) is 2.65. The first-order valence-corrected chi connectivity index (χ1v) is 8.25. The van der Waals surface area contributed by atoms with Gasteiger partial charge in [0.2, 0.25) is 5.91 Å². The Morgan fingerprint density at radius 2 is 1.90 bits per heavy atom. The normalized spacial score (nSPS) is 28.4. The van der Waals surface area contributed by atoms with Crippen molar-refractivity contribution in [2.24, 2.45) is 28.9 Å². The molecule has 0 radical (unpaired) electrons. The van der Waals surface area contributed by atoms with Gasteiger partial charge in [-0.2, -0.15) is 0 Å². The third kappa shape index (κ3) is 5.08. The van der Waals surface area contributed by atoms with E-state index in [2.05, 4.69) is 39.9 Å². The molecule has 0 saturated heterocycles. The van der Waals surface area contributed by atoms with E-state index in [1.807, 2.05) is 0 Å². The lowest BCUT2D eigenvalue weighted by atomic mass is 9.76. The third-order valence-corrected chi connectivity index (χ3v) is 5.27. The fraction of sp³-hybridized carbons (Fsp3) is 0.941. The molecule has 0 aromatic carbocycles. The van der Waals surface area contributed by atoms with Gasteiger partial charge in [0, 0.05) is 12.5 Å². The van der Waals surface area contributed by atoms with Gasteiger partial charge in [0.05, 0.1) is 0 Å². The number of carbonyl (C=O) groups excluding carboxylic acids is 1. The topological polar surface area (TPSA) is 55.1 Å². The third-order valence-electron chi connectivity index (χ3n) is 5.27. The fourth-order valence-electron chi connectivity index (χ4n) is 3.36. The monoisotopic (exact) mass is 282 g/mol. The van der Waals surface area contributed by atoms with E-state index in [0.29, 0.717) is 30.8 Å². The van der Waals surface area contributed by atoms with Gasteiger partial charge in [-0.1, -0.05) is 34.6 Å². The van der Waals surface area contributed by atoms with Gasteiger partial charge in [-0.3, -0.25) is 4.79 Å². The van der Waals surface area contributed by atoms with Crippen LogP contribution in [0.3, 0.4) is 0 Å². The summed E-state index contributed by atoms with van der Waals surface area (Å²) in [6.07, 6.45) is 4.97. The lowest BCUT2D eigenvalue weighted by Gasteiger charge is -2.30. The SMILES string of the molecule is CC1CCC(NC(=O)CCC(CCN)C(C)(C)C)C1C. The highest BCUT2D eigenvalue weighted by molar-refractivity contribution is 5.76. The molecule has 4 unspecified atom stereocenters. The Labute approximate surface area is 125 Å². The molecule has 0 spiro atoms. The van der Waals surface area contributed by atoms with Crippen molar-refractivity contribution in [3.63, 3.8) is 0 Å². The van der Waals surface area contributed by atoms with Crippen LogP contribution in [0.5, 0.6) is 0 Å². The van der Waals surface area contributed by atoms with Crippen molar-refractivity contribution in [3.05, 3.63) is 0 Å². The molecule has 3 N–H and O–H groups in total. The molecule has 118 valence electrons. The minimum absolute atomic E-state index is 0.224. The second kappa shape index (κ2) is 7.44. The Morgan fingerprint density at radius 3 is 2.35 bits per heavy atom. The summed E-state index contributed by atoms with van der Waals surface area (Å²) >= 11 is 0. The van der Waals surface area contributed by atoms with Crippen LogP contribution in [0.4, 0.5) is 0 Å². The molecule has 1 fully saturated rings. The van der Waals surface area contributed by atoms with E-state index in [-0.39, 0.29) is 11.3 Å². The van der Waals surface area contributed by atoms with Gasteiger partial charge in [-0.15, -0.1) is 0 Å². The molecule has 0 aromatic heterocycles. The molecule has 0 aliphatic heterocycles. The first-order valence-electron chi connectivity index (χ1n) is 8.25. The molecule has 1 saturated carbocycles. The van der Waals surface area contributed by atoms with Gasteiger partial charge < -0.3 is 11.1 Å². The molecule has 0 aromatic rings. The van der Waals surface area contributed by atoms with Gasteiger partial charge >= 0.3 is 0 Å². The van der Waals surface area contributed by atoms with Crippen LogP contribution in [0.2, 0.25) is 0 Å². The zero-order valence-corrected chi connectivity index (χ0v) is 14.0. The summed E-state index contributed by atoms with van der Waals surface area (Å²) < 4.78 is 0. The lowest BCUT2D eigenvalue weighted by Crippen LogP contribution is -2.37.